The highest BCUT2D eigenvalue weighted by Gasteiger charge is 2.73. The standard InChI is InChI=1S/C26H29FINO5/c1-13-10-25-12-26(13,34)8-7-16(25)15-9-18(30)21(31)24(2,23(28)33)19(15)20(25)22(32)29-11-14-5-3-4-6-17(14)27/h3-6,9,16,18-21,30-31,34H,1,7-8,10-12H2,2H3,(H,29,32)/t16-,18+,19+,20+,21-,24-,25-,26-/m0/s1. The maximum Gasteiger partial charge on any atom is 0.224 e. The van der Waals surface area contributed by atoms with Crippen molar-refractivity contribution in [2.24, 2.45) is 28.6 Å². The van der Waals surface area contributed by atoms with Gasteiger partial charge in [-0.05, 0) is 55.6 Å². The molecule has 6 nitrogen and oxygen atoms in total. The highest BCUT2D eigenvalue weighted by Crippen LogP contribution is 2.73. The molecule has 5 rings (SSSR count). The zero-order chi connectivity index (χ0) is 24.6. The van der Waals surface area contributed by atoms with Crippen LogP contribution in [0.15, 0.2) is 48.1 Å². The predicted molar refractivity (Wildman–Crippen MR) is 131 cm³/mol. The van der Waals surface area contributed by atoms with Crippen molar-refractivity contribution < 1.29 is 29.3 Å². The van der Waals surface area contributed by atoms with Gasteiger partial charge in [-0.2, -0.15) is 0 Å². The Balaban J connectivity index is 1.61. The van der Waals surface area contributed by atoms with Crippen LogP contribution in [0.1, 0.15) is 38.2 Å². The maximum absolute atomic E-state index is 14.2. The van der Waals surface area contributed by atoms with Crippen LogP contribution in [-0.2, 0) is 16.1 Å². The summed E-state index contributed by atoms with van der Waals surface area (Å²) in [5.74, 6) is -2.27. The number of aliphatic hydroxyl groups is 3. The van der Waals surface area contributed by atoms with Crippen LogP contribution in [0.2, 0.25) is 0 Å². The fourth-order valence-corrected chi connectivity index (χ4v) is 8.13. The van der Waals surface area contributed by atoms with Crippen molar-refractivity contribution in [1.29, 1.82) is 0 Å². The van der Waals surface area contributed by atoms with Gasteiger partial charge < -0.3 is 20.6 Å². The minimum absolute atomic E-state index is 0.0141. The Bertz CT molecular complexity index is 1120. The number of amides is 1. The second-order valence-corrected chi connectivity index (χ2v) is 11.7. The molecule has 182 valence electrons. The number of carbonyl (C=O) groups is 2. The van der Waals surface area contributed by atoms with E-state index in [1.165, 1.54) is 6.07 Å². The Hall–Kier alpha value is -1.62. The van der Waals surface area contributed by atoms with Crippen molar-refractivity contribution in [3.63, 3.8) is 0 Å². The summed E-state index contributed by atoms with van der Waals surface area (Å²) in [5, 5.41) is 35.8. The van der Waals surface area contributed by atoms with Crippen molar-refractivity contribution in [3.8, 4) is 0 Å². The van der Waals surface area contributed by atoms with Crippen LogP contribution in [0.4, 0.5) is 4.39 Å². The van der Waals surface area contributed by atoms with E-state index in [2.05, 4.69) is 11.9 Å². The topological polar surface area (TPSA) is 107 Å². The van der Waals surface area contributed by atoms with Crippen LogP contribution < -0.4 is 5.32 Å². The fourth-order valence-electron chi connectivity index (χ4n) is 7.48. The Morgan fingerprint density at radius 1 is 1.29 bits per heavy atom. The molecule has 1 spiro atoms. The van der Waals surface area contributed by atoms with Crippen LogP contribution in [0, 0.1) is 34.4 Å². The van der Waals surface area contributed by atoms with Gasteiger partial charge in [-0.1, -0.05) is 36.4 Å². The van der Waals surface area contributed by atoms with E-state index in [1.807, 2.05) is 0 Å². The van der Waals surface area contributed by atoms with E-state index in [-0.39, 0.29) is 22.2 Å². The zero-order valence-electron chi connectivity index (χ0n) is 18.9. The van der Waals surface area contributed by atoms with Crippen molar-refractivity contribution >= 4 is 32.3 Å². The van der Waals surface area contributed by atoms with Crippen molar-refractivity contribution in [2.45, 2.75) is 57.0 Å². The molecule has 1 aromatic carbocycles. The molecule has 1 aromatic rings. The molecule has 3 fully saturated rings. The minimum atomic E-state index is -1.39. The third-order valence-electron chi connectivity index (χ3n) is 9.14. The van der Waals surface area contributed by atoms with Gasteiger partial charge in [0, 0.05) is 40.6 Å². The van der Waals surface area contributed by atoms with Crippen molar-refractivity contribution in [1.82, 2.24) is 5.32 Å². The van der Waals surface area contributed by atoms with Crippen LogP contribution in [0.3, 0.4) is 0 Å². The molecule has 4 aliphatic carbocycles. The zero-order valence-corrected chi connectivity index (χ0v) is 21.1. The third kappa shape index (κ3) is 3.14. The molecule has 0 aromatic heterocycles. The number of halogens is 2. The maximum atomic E-state index is 14.2. The second-order valence-electron chi connectivity index (χ2n) is 10.7. The van der Waals surface area contributed by atoms with Gasteiger partial charge in [0.15, 0.2) is 0 Å². The first-order chi connectivity index (χ1) is 16.0. The highest BCUT2D eigenvalue weighted by molar-refractivity contribution is 14.1. The van der Waals surface area contributed by atoms with E-state index in [4.69, 9.17) is 0 Å². The van der Waals surface area contributed by atoms with E-state index < -0.39 is 46.3 Å². The molecular formula is C26H29FINO5. The number of nitrogens with one attached hydrogen (secondary N) is 1. The van der Waals surface area contributed by atoms with E-state index in [0.717, 1.165) is 5.57 Å². The van der Waals surface area contributed by atoms with Gasteiger partial charge in [-0.25, -0.2) is 4.39 Å². The summed E-state index contributed by atoms with van der Waals surface area (Å²) in [6, 6.07) is 6.21. The highest BCUT2D eigenvalue weighted by atomic mass is 127. The first-order valence-electron chi connectivity index (χ1n) is 11.6. The van der Waals surface area contributed by atoms with Gasteiger partial charge in [0.05, 0.1) is 29.1 Å². The minimum Gasteiger partial charge on any atom is -0.389 e. The number of hydrogen-bond acceptors (Lipinski definition) is 5. The number of allylic oxidation sites excluding steroid dienone is 1. The molecule has 0 unspecified atom stereocenters. The van der Waals surface area contributed by atoms with Crippen LogP contribution in [0.25, 0.3) is 0 Å². The number of hydrogen-bond donors (Lipinski definition) is 4. The molecule has 2 bridgehead atoms. The summed E-state index contributed by atoms with van der Waals surface area (Å²) in [7, 11) is 0. The molecule has 3 saturated carbocycles. The fraction of sp³-hybridized carbons (Fsp3) is 0.538. The number of aliphatic hydroxyl groups excluding tert-OH is 2. The smallest absolute Gasteiger partial charge is 0.224 e. The van der Waals surface area contributed by atoms with Gasteiger partial charge >= 0.3 is 0 Å². The van der Waals surface area contributed by atoms with Crippen molar-refractivity contribution in [3.05, 3.63) is 59.4 Å². The molecule has 34 heavy (non-hydrogen) atoms. The summed E-state index contributed by atoms with van der Waals surface area (Å²) in [5.41, 5.74) is -1.30. The molecule has 0 heterocycles. The molecule has 1 amide bonds. The lowest BCUT2D eigenvalue weighted by Gasteiger charge is -2.45. The number of carbonyl (C=O) groups excluding carboxylic acids is 2. The number of fused-ring (bicyclic) bond motifs is 3. The Morgan fingerprint density at radius 3 is 2.68 bits per heavy atom. The second kappa shape index (κ2) is 7.94. The molecule has 8 atom stereocenters. The third-order valence-corrected chi connectivity index (χ3v) is 10.3. The number of rotatable bonds is 4. The Labute approximate surface area is 211 Å². The van der Waals surface area contributed by atoms with E-state index in [1.54, 1.807) is 53.8 Å². The number of benzene rings is 1. The lowest BCUT2D eigenvalue weighted by molar-refractivity contribution is -0.145. The van der Waals surface area contributed by atoms with Gasteiger partial charge in [0.25, 0.3) is 0 Å². The van der Waals surface area contributed by atoms with Gasteiger partial charge in [-0.3, -0.25) is 9.59 Å². The van der Waals surface area contributed by atoms with Gasteiger partial charge in [0.1, 0.15) is 5.82 Å². The summed E-state index contributed by atoms with van der Waals surface area (Å²) in [4.78, 5) is 26.9. The van der Waals surface area contributed by atoms with Gasteiger partial charge in [0.2, 0.25) is 9.70 Å². The SMILES string of the molecule is C=C1C[C@]23C[C@@]1(O)CC[C@H]2C1=C[C@@H](O)[C@H](O)[C@@](C)(C(=O)I)[C@H]1[C@@H]3C(=O)NCc1ccccc1F. The quantitative estimate of drug-likeness (QED) is 0.249. The Kier molecular flexibility index (Phi) is 5.63. The van der Waals surface area contributed by atoms with Crippen molar-refractivity contribution in [2.75, 3.05) is 0 Å². The molecule has 0 radical (unpaired) electrons. The predicted octanol–water partition coefficient (Wildman–Crippen LogP) is 2.80. The molecule has 8 heteroatoms. The van der Waals surface area contributed by atoms with Gasteiger partial charge in [-0.15, -0.1) is 0 Å². The average Bonchev–Trinajstić information content (AvgIpc) is 3.16. The van der Waals surface area contributed by atoms with E-state index in [0.29, 0.717) is 36.8 Å². The molecule has 0 aliphatic heterocycles. The lowest BCUT2D eigenvalue weighted by Crippen LogP contribution is -2.56. The average molecular weight is 581 g/mol. The summed E-state index contributed by atoms with van der Waals surface area (Å²) < 4.78 is 13.9. The van der Waals surface area contributed by atoms with E-state index in [9.17, 15) is 29.3 Å². The van der Waals surface area contributed by atoms with Crippen LogP contribution >= 0.6 is 22.6 Å². The lowest BCUT2D eigenvalue weighted by atomic mass is 9.60. The molecule has 0 saturated heterocycles. The monoisotopic (exact) mass is 581 g/mol. The Morgan fingerprint density at radius 2 is 2.00 bits per heavy atom. The first-order valence-corrected chi connectivity index (χ1v) is 12.7. The summed E-state index contributed by atoms with van der Waals surface area (Å²) in [6.07, 6.45) is 0.899. The first kappa shape index (κ1) is 24.1. The summed E-state index contributed by atoms with van der Waals surface area (Å²) >= 11 is 1.65. The molecule has 4 aliphatic rings. The largest absolute Gasteiger partial charge is 0.389 e. The molecular weight excluding hydrogens is 552 g/mol. The summed E-state index contributed by atoms with van der Waals surface area (Å²) in [6.45, 7) is 5.73. The normalized spacial score (nSPS) is 42.6. The molecule has 4 N–H and O–H groups in total. The van der Waals surface area contributed by atoms with Crippen LogP contribution in [0.5, 0.6) is 0 Å². The van der Waals surface area contributed by atoms with E-state index >= 15 is 0 Å². The van der Waals surface area contributed by atoms with Crippen LogP contribution in [-0.4, -0.2) is 42.8 Å².